The number of nitrogens with zero attached hydrogens (tertiary/aromatic N) is 3. The Hall–Kier alpha value is -2.80. The van der Waals surface area contributed by atoms with Gasteiger partial charge in [0.1, 0.15) is 17.4 Å². The van der Waals surface area contributed by atoms with E-state index in [1.54, 1.807) is 10.7 Å². The number of fused-ring (bicyclic) bond motifs is 1. The van der Waals surface area contributed by atoms with Gasteiger partial charge in [-0.25, -0.2) is 4.98 Å². The highest BCUT2D eigenvalue weighted by atomic mass is 16.5. The molecule has 1 aliphatic rings. The largest absolute Gasteiger partial charge is 0.494 e. The van der Waals surface area contributed by atoms with Crippen LogP contribution in [-0.4, -0.2) is 40.3 Å². The average Bonchev–Trinajstić information content (AvgIpc) is 3.13. The minimum atomic E-state index is 0.403. The molecule has 0 aliphatic carbocycles. The molecule has 1 atom stereocenters. The first-order chi connectivity index (χ1) is 12.8. The highest BCUT2D eigenvalue weighted by molar-refractivity contribution is 5.64. The van der Waals surface area contributed by atoms with E-state index in [0.29, 0.717) is 12.6 Å². The maximum absolute atomic E-state index is 5.50. The zero-order valence-electron chi connectivity index (χ0n) is 14.9. The number of anilines is 3. The van der Waals surface area contributed by atoms with Crippen molar-refractivity contribution in [1.82, 2.24) is 19.9 Å². The van der Waals surface area contributed by atoms with E-state index in [-0.39, 0.29) is 0 Å². The third-order valence-corrected chi connectivity index (χ3v) is 4.45. The molecule has 1 aliphatic heterocycles. The third-order valence-electron chi connectivity index (χ3n) is 4.45. The Bertz CT molecular complexity index is 854. The Morgan fingerprint density at radius 1 is 1.27 bits per heavy atom. The number of ether oxygens (including phenoxy) is 1. The van der Waals surface area contributed by atoms with Crippen LogP contribution in [0.2, 0.25) is 0 Å². The molecular formula is C19H24N6O. The summed E-state index contributed by atoms with van der Waals surface area (Å²) >= 11 is 0. The Morgan fingerprint density at radius 3 is 2.92 bits per heavy atom. The van der Waals surface area contributed by atoms with Crippen molar-refractivity contribution in [2.75, 3.05) is 30.3 Å². The number of hydrogen-bond acceptors (Lipinski definition) is 6. The molecular weight excluding hydrogens is 328 g/mol. The summed E-state index contributed by atoms with van der Waals surface area (Å²) in [5.41, 5.74) is 1.79. The second-order valence-corrected chi connectivity index (χ2v) is 6.40. The van der Waals surface area contributed by atoms with E-state index in [1.165, 1.54) is 6.42 Å². The zero-order chi connectivity index (χ0) is 17.8. The molecule has 0 amide bonds. The lowest BCUT2D eigenvalue weighted by Gasteiger charge is -2.24. The van der Waals surface area contributed by atoms with Gasteiger partial charge in [-0.2, -0.15) is 9.61 Å². The molecule has 0 bridgehead atoms. The van der Waals surface area contributed by atoms with Crippen molar-refractivity contribution in [2.45, 2.75) is 25.8 Å². The van der Waals surface area contributed by atoms with Gasteiger partial charge in [0, 0.05) is 30.4 Å². The normalized spacial score (nSPS) is 17.2. The number of hydrogen-bond donors (Lipinski definition) is 3. The minimum Gasteiger partial charge on any atom is -0.494 e. The molecule has 3 N–H and O–H groups in total. The van der Waals surface area contributed by atoms with Gasteiger partial charge in [0.2, 0.25) is 0 Å². The molecule has 1 aromatic carbocycles. The molecule has 2 aromatic heterocycles. The highest BCUT2D eigenvalue weighted by Crippen LogP contribution is 2.23. The Kier molecular flexibility index (Phi) is 4.88. The Balaban J connectivity index is 1.57. The van der Waals surface area contributed by atoms with E-state index in [4.69, 9.17) is 4.74 Å². The zero-order valence-corrected chi connectivity index (χ0v) is 14.9. The van der Waals surface area contributed by atoms with Crippen LogP contribution < -0.4 is 20.7 Å². The van der Waals surface area contributed by atoms with Gasteiger partial charge in [0.05, 0.1) is 12.8 Å². The fourth-order valence-electron chi connectivity index (χ4n) is 3.21. The van der Waals surface area contributed by atoms with Crippen molar-refractivity contribution < 1.29 is 4.74 Å². The number of piperidine rings is 1. The molecule has 0 radical (unpaired) electrons. The maximum Gasteiger partial charge on any atom is 0.159 e. The van der Waals surface area contributed by atoms with Crippen LogP contribution in [0.5, 0.6) is 5.75 Å². The van der Waals surface area contributed by atoms with Crippen LogP contribution >= 0.6 is 0 Å². The first kappa shape index (κ1) is 16.7. The quantitative estimate of drug-likeness (QED) is 0.633. The second kappa shape index (κ2) is 7.61. The number of nitrogens with one attached hydrogen (secondary N) is 3. The lowest BCUT2D eigenvalue weighted by molar-refractivity contribution is 0.340. The van der Waals surface area contributed by atoms with Crippen LogP contribution in [0.15, 0.2) is 42.6 Å². The van der Waals surface area contributed by atoms with Gasteiger partial charge in [-0.05, 0) is 50.6 Å². The molecule has 4 rings (SSSR count). The molecule has 0 saturated carbocycles. The molecule has 1 saturated heterocycles. The molecule has 1 fully saturated rings. The van der Waals surface area contributed by atoms with E-state index in [9.17, 15) is 0 Å². The third kappa shape index (κ3) is 3.72. The lowest BCUT2D eigenvalue weighted by Crippen LogP contribution is -2.38. The van der Waals surface area contributed by atoms with Gasteiger partial charge in [0.25, 0.3) is 0 Å². The van der Waals surface area contributed by atoms with Gasteiger partial charge >= 0.3 is 0 Å². The van der Waals surface area contributed by atoms with E-state index < -0.39 is 0 Å². The van der Waals surface area contributed by atoms with Crippen molar-refractivity contribution in [1.29, 1.82) is 0 Å². The van der Waals surface area contributed by atoms with Gasteiger partial charge in [-0.1, -0.05) is 0 Å². The van der Waals surface area contributed by atoms with Crippen LogP contribution in [-0.2, 0) is 0 Å². The van der Waals surface area contributed by atoms with Crippen molar-refractivity contribution in [3.05, 3.63) is 42.6 Å². The predicted octanol–water partition coefficient (Wildman–Crippen LogP) is 3.04. The highest BCUT2D eigenvalue weighted by Gasteiger charge is 2.14. The summed E-state index contributed by atoms with van der Waals surface area (Å²) in [6, 6.07) is 12.2. The fourth-order valence-corrected chi connectivity index (χ4v) is 3.21. The summed E-state index contributed by atoms with van der Waals surface area (Å²) in [7, 11) is 0. The standard InChI is InChI=1S/C19H24N6O/c1-2-26-16-7-5-14(6-8-16)23-19-12-17(22-15-4-3-10-20-13-15)24-18-9-11-21-25(18)19/h5-9,11-12,15,20,23H,2-4,10,13H2,1H3,(H,22,24)/t15-/m0/s1. The number of aromatic nitrogens is 3. The molecule has 0 spiro atoms. The first-order valence-corrected chi connectivity index (χ1v) is 9.14. The topological polar surface area (TPSA) is 75.5 Å². The molecule has 3 heterocycles. The van der Waals surface area contributed by atoms with Crippen LogP contribution in [0.25, 0.3) is 5.65 Å². The monoisotopic (exact) mass is 352 g/mol. The summed E-state index contributed by atoms with van der Waals surface area (Å²) in [4.78, 5) is 4.67. The van der Waals surface area contributed by atoms with Gasteiger partial charge < -0.3 is 20.7 Å². The fraction of sp³-hybridized carbons (Fsp3) is 0.368. The minimum absolute atomic E-state index is 0.403. The first-order valence-electron chi connectivity index (χ1n) is 9.14. The summed E-state index contributed by atoms with van der Waals surface area (Å²) in [5, 5.41) is 14.8. The van der Waals surface area contributed by atoms with Crippen molar-refractivity contribution in [3.63, 3.8) is 0 Å². The van der Waals surface area contributed by atoms with E-state index >= 15 is 0 Å². The SMILES string of the molecule is CCOc1ccc(Nc2cc(N[C@H]3CCCNC3)nc3ccnn23)cc1. The summed E-state index contributed by atoms with van der Waals surface area (Å²) in [6.07, 6.45) is 4.10. The molecule has 3 aromatic rings. The van der Waals surface area contributed by atoms with Crippen LogP contribution in [0, 0.1) is 0 Å². The van der Waals surface area contributed by atoms with Gasteiger partial charge in [-0.3, -0.25) is 0 Å². The van der Waals surface area contributed by atoms with Crippen molar-refractivity contribution >= 4 is 23.0 Å². The maximum atomic E-state index is 5.50. The van der Waals surface area contributed by atoms with Gasteiger partial charge in [-0.15, -0.1) is 0 Å². The summed E-state index contributed by atoms with van der Waals surface area (Å²) in [5.74, 6) is 2.60. The van der Waals surface area contributed by atoms with E-state index in [0.717, 1.165) is 48.2 Å². The molecule has 0 unspecified atom stereocenters. The Labute approximate surface area is 152 Å². The molecule has 7 nitrogen and oxygen atoms in total. The summed E-state index contributed by atoms with van der Waals surface area (Å²) < 4.78 is 7.31. The number of benzene rings is 1. The predicted molar refractivity (Wildman–Crippen MR) is 103 cm³/mol. The van der Waals surface area contributed by atoms with E-state index in [1.807, 2.05) is 43.3 Å². The average molecular weight is 352 g/mol. The molecule has 136 valence electrons. The van der Waals surface area contributed by atoms with Crippen LogP contribution in [0.1, 0.15) is 19.8 Å². The summed E-state index contributed by atoms with van der Waals surface area (Å²) in [6.45, 7) is 4.70. The van der Waals surface area contributed by atoms with Crippen LogP contribution in [0.3, 0.4) is 0 Å². The molecule has 7 heteroatoms. The van der Waals surface area contributed by atoms with Crippen LogP contribution in [0.4, 0.5) is 17.3 Å². The molecule has 26 heavy (non-hydrogen) atoms. The number of rotatable bonds is 6. The second-order valence-electron chi connectivity index (χ2n) is 6.40. The van der Waals surface area contributed by atoms with Gasteiger partial charge in [0.15, 0.2) is 5.65 Å². The Morgan fingerprint density at radius 2 is 2.15 bits per heavy atom. The van der Waals surface area contributed by atoms with E-state index in [2.05, 4.69) is 26.0 Å². The van der Waals surface area contributed by atoms with Crippen molar-refractivity contribution in [2.24, 2.45) is 0 Å². The lowest BCUT2D eigenvalue weighted by atomic mass is 10.1. The van der Waals surface area contributed by atoms with Crippen molar-refractivity contribution in [3.8, 4) is 5.75 Å². The smallest absolute Gasteiger partial charge is 0.159 e.